The number of nitrogens with one attached hydrogen (secondary N) is 1. The number of nitrogens with zero attached hydrogens (tertiary/aromatic N) is 3. The Bertz CT molecular complexity index is 768. The van der Waals surface area contributed by atoms with Crippen molar-refractivity contribution in [3.63, 3.8) is 0 Å². The van der Waals surface area contributed by atoms with E-state index in [-0.39, 0.29) is 5.91 Å². The van der Waals surface area contributed by atoms with Crippen LogP contribution in [0.1, 0.15) is 15.9 Å². The van der Waals surface area contributed by atoms with E-state index in [9.17, 15) is 4.79 Å². The summed E-state index contributed by atoms with van der Waals surface area (Å²) in [5.74, 6) is -0.172. The third-order valence-corrected chi connectivity index (χ3v) is 3.64. The minimum atomic E-state index is -0.172. The zero-order valence-electron chi connectivity index (χ0n) is 11.7. The molecular formula is C16H14BrN4O+. The molecule has 1 aromatic heterocycles. The minimum Gasteiger partial charge on any atom is -0.266 e. The Morgan fingerprint density at radius 1 is 1.14 bits per heavy atom. The number of rotatable bonds is 4. The lowest BCUT2D eigenvalue weighted by molar-refractivity contribution is -0.642. The molecule has 3 rings (SSSR count). The van der Waals surface area contributed by atoms with Gasteiger partial charge in [0.15, 0.2) is 0 Å². The molecule has 5 nitrogen and oxygen atoms in total. The molecule has 2 aromatic carbocycles. The van der Waals surface area contributed by atoms with Crippen LogP contribution in [0.3, 0.4) is 0 Å². The van der Waals surface area contributed by atoms with Crippen LogP contribution in [0.5, 0.6) is 0 Å². The summed E-state index contributed by atoms with van der Waals surface area (Å²) in [5, 5.41) is 4.23. The van der Waals surface area contributed by atoms with Crippen LogP contribution < -0.4 is 10.1 Å². The Balaban J connectivity index is 1.66. The van der Waals surface area contributed by atoms with E-state index in [2.05, 4.69) is 26.5 Å². The van der Waals surface area contributed by atoms with Crippen LogP contribution in [0.2, 0.25) is 0 Å². The van der Waals surface area contributed by atoms with Crippen molar-refractivity contribution in [1.82, 2.24) is 9.78 Å². The van der Waals surface area contributed by atoms with Crippen molar-refractivity contribution in [1.29, 1.82) is 0 Å². The van der Waals surface area contributed by atoms with Gasteiger partial charge in [0.05, 0.1) is 0 Å². The second kappa shape index (κ2) is 6.53. The first-order chi connectivity index (χ1) is 10.7. The van der Waals surface area contributed by atoms with Crippen LogP contribution in [0.15, 0.2) is 71.7 Å². The van der Waals surface area contributed by atoms with E-state index in [4.69, 9.17) is 0 Å². The normalized spacial score (nSPS) is 10.4. The van der Waals surface area contributed by atoms with Crippen molar-refractivity contribution < 1.29 is 9.47 Å². The fourth-order valence-corrected chi connectivity index (χ4v) is 2.28. The van der Waals surface area contributed by atoms with Gasteiger partial charge in [-0.05, 0) is 29.8 Å². The molecule has 0 aliphatic carbocycles. The predicted molar refractivity (Wildman–Crippen MR) is 85.8 cm³/mol. The van der Waals surface area contributed by atoms with E-state index in [1.807, 2.05) is 42.5 Å². The zero-order chi connectivity index (χ0) is 15.4. The largest absolute Gasteiger partial charge is 0.287 e. The Morgan fingerprint density at radius 2 is 1.86 bits per heavy atom. The summed E-state index contributed by atoms with van der Waals surface area (Å²) in [6.45, 7) is 0.640. The summed E-state index contributed by atoms with van der Waals surface area (Å²) in [6.07, 6.45) is 3.31. The molecule has 6 heteroatoms. The topological polar surface area (TPSA) is 50.8 Å². The van der Waals surface area contributed by atoms with Crippen LogP contribution in [0.4, 0.5) is 0 Å². The average Bonchev–Trinajstić information content (AvgIpc) is 2.97. The van der Waals surface area contributed by atoms with Gasteiger partial charge in [0, 0.05) is 15.1 Å². The van der Waals surface area contributed by atoms with Gasteiger partial charge in [-0.1, -0.05) is 46.3 Å². The smallest absolute Gasteiger partial charge is 0.266 e. The summed E-state index contributed by atoms with van der Waals surface area (Å²) in [4.78, 5) is 12.0. The summed E-state index contributed by atoms with van der Waals surface area (Å²) in [7, 11) is 0. The van der Waals surface area contributed by atoms with E-state index >= 15 is 0 Å². The van der Waals surface area contributed by atoms with Gasteiger partial charge in [0.1, 0.15) is 6.54 Å². The van der Waals surface area contributed by atoms with Crippen molar-refractivity contribution in [2.75, 3.05) is 5.43 Å². The van der Waals surface area contributed by atoms with Gasteiger partial charge in [-0.25, -0.2) is 5.43 Å². The highest BCUT2D eigenvalue weighted by Crippen LogP contribution is 2.10. The zero-order valence-corrected chi connectivity index (χ0v) is 13.3. The highest BCUT2D eigenvalue weighted by Gasteiger charge is 2.11. The summed E-state index contributed by atoms with van der Waals surface area (Å²) in [5.41, 5.74) is 4.50. The molecular weight excluding hydrogens is 344 g/mol. The number of hydrogen-bond acceptors (Lipinski definition) is 2. The van der Waals surface area contributed by atoms with Crippen LogP contribution in [0.25, 0.3) is 0 Å². The molecule has 0 bridgehead atoms. The van der Waals surface area contributed by atoms with Crippen LogP contribution in [-0.2, 0) is 6.54 Å². The maximum absolute atomic E-state index is 12.0. The van der Waals surface area contributed by atoms with Gasteiger partial charge in [0.25, 0.3) is 12.2 Å². The molecule has 0 saturated heterocycles. The standard InChI is InChI=1S/C16H13BrN4O/c17-15-8-6-13(7-9-15)10-20-12-21(11-18-20)19-16(22)14-4-2-1-3-5-14/h1-9,11-12H,10H2/p+1. The molecule has 0 radical (unpaired) electrons. The SMILES string of the molecule is O=C(N[n+]1cnn(Cc2ccc(Br)cc2)c1)c1ccccc1. The van der Waals surface area contributed by atoms with E-state index < -0.39 is 0 Å². The van der Waals surface area contributed by atoms with E-state index in [0.29, 0.717) is 12.1 Å². The number of carbonyl (C=O) groups is 1. The minimum absolute atomic E-state index is 0.172. The predicted octanol–water partition coefficient (Wildman–Crippen LogP) is 2.37. The van der Waals surface area contributed by atoms with Crippen molar-refractivity contribution in [2.24, 2.45) is 0 Å². The third-order valence-electron chi connectivity index (χ3n) is 3.11. The summed E-state index contributed by atoms with van der Waals surface area (Å²) in [6, 6.07) is 17.1. The first-order valence-corrected chi connectivity index (χ1v) is 7.54. The molecule has 0 unspecified atom stereocenters. The fourth-order valence-electron chi connectivity index (χ4n) is 2.01. The van der Waals surface area contributed by atoms with Crippen molar-refractivity contribution in [3.8, 4) is 0 Å². The third kappa shape index (κ3) is 3.59. The molecule has 0 spiro atoms. The molecule has 1 amide bonds. The maximum atomic E-state index is 12.0. The molecule has 0 saturated carbocycles. The van der Waals surface area contributed by atoms with Gasteiger partial charge in [0.2, 0.25) is 6.33 Å². The Morgan fingerprint density at radius 3 is 2.59 bits per heavy atom. The molecule has 0 aliphatic rings. The molecule has 1 heterocycles. The van der Waals surface area contributed by atoms with Gasteiger partial charge in [-0.2, -0.15) is 0 Å². The number of amides is 1. The number of hydrogen-bond donors (Lipinski definition) is 1. The average molecular weight is 358 g/mol. The summed E-state index contributed by atoms with van der Waals surface area (Å²) < 4.78 is 4.35. The van der Waals surface area contributed by atoms with Crippen LogP contribution in [-0.4, -0.2) is 15.7 Å². The maximum Gasteiger partial charge on any atom is 0.287 e. The van der Waals surface area contributed by atoms with E-state index in [1.54, 1.807) is 34.1 Å². The van der Waals surface area contributed by atoms with Gasteiger partial charge < -0.3 is 0 Å². The second-order valence-corrected chi connectivity index (χ2v) is 5.70. The molecule has 110 valence electrons. The lowest BCUT2D eigenvalue weighted by atomic mass is 10.2. The number of carbonyl (C=O) groups excluding carboxylic acids is 1. The second-order valence-electron chi connectivity index (χ2n) is 4.78. The Kier molecular flexibility index (Phi) is 4.29. The number of halogens is 1. The summed E-state index contributed by atoms with van der Waals surface area (Å²) >= 11 is 3.41. The monoisotopic (exact) mass is 357 g/mol. The Hall–Kier alpha value is -2.47. The number of benzene rings is 2. The Labute approximate surface area is 136 Å². The molecule has 3 aromatic rings. The molecule has 22 heavy (non-hydrogen) atoms. The van der Waals surface area contributed by atoms with Crippen molar-refractivity contribution in [2.45, 2.75) is 6.54 Å². The van der Waals surface area contributed by atoms with Crippen molar-refractivity contribution >= 4 is 21.8 Å². The van der Waals surface area contributed by atoms with E-state index in [1.165, 1.54) is 0 Å². The first-order valence-electron chi connectivity index (χ1n) is 6.75. The quantitative estimate of drug-likeness (QED) is 0.728. The molecule has 1 N–H and O–H groups in total. The van der Waals surface area contributed by atoms with E-state index in [0.717, 1.165) is 10.0 Å². The van der Waals surface area contributed by atoms with Gasteiger partial charge in [-0.3, -0.25) is 4.79 Å². The fraction of sp³-hybridized carbons (Fsp3) is 0.0625. The van der Waals surface area contributed by atoms with Gasteiger partial charge in [-0.15, -0.1) is 9.36 Å². The molecule has 0 aliphatic heterocycles. The highest BCUT2D eigenvalue weighted by atomic mass is 79.9. The first kappa shape index (κ1) is 14.5. The lowest BCUT2D eigenvalue weighted by Crippen LogP contribution is -2.46. The van der Waals surface area contributed by atoms with Crippen molar-refractivity contribution in [3.05, 3.63) is 82.9 Å². The van der Waals surface area contributed by atoms with Crippen LogP contribution in [0, 0.1) is 0 Å². The highest BCUT2D eigenvalue weighted by molar-refractivity contribution is 9.10. The molecule has 0 atom stereocenters. The van der Waals surface area contributed by atoms with Gasteiger partial charge >= 0.3 is 0 Å². The number of aromatic nitrogens is 3. The molecule has 0 fully saturated rings. The lowest BCUT2D eigenvalue weighted by Gasteiger charge is -2.00. The van der Waals surface area contributed by atoms with Crippen LogP contribution >= 0.6 is 15.9 Å².